The maximum absolute atomic E-state index is 11.5. The second kappa shape index (κ2) is 6.79. The van der Waals surface area contributed by atoms with Gasteiger partial charge in [-0.2, -0.15) is 0 Å². The third-order valence-electron chi connectivity index (χ3n) is 2.03. The Morgan fingerprint density at radius 3 is 2.13 bits per heavy atom. The fraction of sp³-hybridized carbons (Fsp3) is 0.889. The van der Waals surface area contributed by atoms with Gasteiger partial charge in [0.15, 0.2) is 0 Å². The Bertz CT molecular complexity index is 284. The van der Waals surface area contributed by atoms with E-state index in [-0.39, 0.29) is 18.2 Å². The topological polar surface area (TPSA) is 66.5 Å². The predicted molar refractivity (Wildman–Crippen MR) is 60.0 cm³/mol. The van der Waals surface area contributed by atoms with E-state index in [2.05, 4.69) is 4.72 Å². The zero-order valence-electron chi connectivity index (χ0n) is 9.62. The van der Waals surface area contributed by atoms with E-state index in [4.69, 9.17) is 0 Å². The molecular weight excluding hydrogens is 216 g/mol. The Labute approximate surface area is 91.9 Å². The summed E-state index contributed by atoms with van der Waals surface area (Å²) in [5, 5.41) is 0. The van der Waals surface area contributed by atoms with Gasteiger partial charge in [-0.3, -0.25) is 4.79 Å². The van der Waals surface area contributed by atoms with Crippen LogP contribution in [-0.2, 0) is 14.8 Å². The van der Waals surface area contributed by atoms with Crippen molar-refractivity contribution >= 4 is 15.9 Å². The third-order valence-corrected chi connectivity index (χ3v) is 3.56. The summed E-state index contributed by atoms with van der Waals surface area (Å²) in [6.45, 7) is 6.58. The molecule has 0 atom stereocenters. The number of carbonyl (C=O) groups excluding carboxylic acids is 1. The highest BCUT2D eigenvalue weighted by atomic mass is 32.2. The molecule has 0 aromatic rings. The Morgan fingerprint density at radius 1 is 1.20 bits per heavy atom. The van der Waals surface area contributed by atoms with E-state index in [9.17, 15) is 13.2 Å². The SMILES string of the molecule is CCCS(=O)(=O)NCC(=O)N(CC)CC. The quantitative estimate of drug-likeness (QED) is 0.686. The van der Waals surface area contributed by atoms with Crippen LogP contribution in [0.5, 0.6) is 0 Å². The summed E-state index contributed by atoms with van der Waals surface area (Å²) in [6, 6.07) is 0. The first-order valence-corrected chi connectivity index (χ1v) is 6.87. The summed E-state index contributed by atoms with van der Waals surface area (Å²) in [5.74, 6) is -0.113. The average molecular weight is 236 g/mol. The molecule has 90 valence electrons. The van der Waals surface area contributed by atoms with Crippen molar-refractivity contribution in [3.05, 3.63) is 0 Å². The first kappa shape index (κ1) is 14.4. The van der Waals surface area contributed by atoms with E-state index in [0.717, 1.165) is 0 Å². The zero-order chi connectivity index (χ0) is 11.9. The van der Waals surface area contributed by atoms with Crippen LogP contribution in [0.4, 0.5) is 0 Å². The van der Waals surface area contributed by atoms with Crippen molar-refractivity contribution in [2.24, 2.45) is 0 Å². The first-order chi connectivity index (χ1) is 6.96. The van der Waals surface area contributed by atoms with Gasteiger partial charge in [-0.05, 0) is 20.3 Å². The number of amides is 1. The second-order valence-corrected chi connectivity index (χ2v) is 5.13. The van der Waals surface area contributed by atoms with Crippen molar-refractivity contribution in [1.29, 1.82) is 0 Å². The molecule has 0 fully saturated rings. The summed E-state index contributed by atoms with van der Waals surface area (Å²) in [5.41, 5.74) is 0. The highest BCUT2D eigenvalue weighted by Crippen LogP contribution is 1.91. The van der Waals surface area contributed by atoms with Crippen molar-refractivity contribution < 1.29 is 13.2 Å². The van der Waals surface area contributed by atoms with Crippen LogP contribution < -0.4 is 4.72 Å². The molecule has 5 nitrogen and oxygen atoms in total. The van der Waals surface area contributed by atoms with Gasteiger partial charge in [0.1, 0.15) is 0 Å². The van der Waals surface area contributed by atoms with E-state index < -0.39 is 10.0 Å². The van der Waals surface area contributed by atoms with E-state index >= 15 is 0 Å². The molecular formula is C9H20N2O3S. The molecule has 0 heterocycles. The summed E-state index contributed by atoms with van der Waals surface area (Å²) in [4.78, 5) is 13.0. The number of likely N-dealkylation sites (N-methyl/N-ethyl adjacent to an activating group) is 1. The van der Waals surface area contributed by atoms with Gasteiger partial charge in [0, 0.05) is 13.1 Å². The molecule has 0 aromatic heterocycles. The van der Waals surface area contributed by atoms with Gasteiger partial charge in [0.05, 0.1) is 12.3 Å². The fourth-order valence-corrected chi connectivity index (χ4v) is 2.23. The van der Waals surface area contributed by atoms with E-state index in [1.54, 1.807) is 11.8 Å². The minimum atomic E-state index is -3.27. The summed E-state index contributed by atoms with van der Waals surface area (Å²) in [7, 11) is -3.27. The molecule has 0 spiro atoms. The minimum absolute atomic E-state index is 0.0680. The smallest absolute Gasteiger partial charge is 0.237 e. The molecule has 0 radical (unpaired) electrons. The zero-order valence-corrected chi connectivity index (χ0v) is 10.4. The number of rotatable bonds is 7. The lowest BCUT2D eigenvalue weighted by atomic mass is 10.4. The molecule has 0 unspecified atom stereocenters. The molecule has 0 aromatic carbocycles. The second-order valence-electron chi connectivity index (χ2n) is 3.21. The van der Waals surface area contributed by atoms with Crippen LogP contribution in [-0.4, -0.2) is 44.6 Å². The van der Waals surface area contributed by atoms with Crippen LogP contribution in [0, 0.1) is 0 Å². The maximum atomic E-state index is 11.5. The molecule has 15 heavy (non-hydrogen) atoms. The van der Waals surface area contributed by atoms with Gasteiger partial charge in [-0.25, -0.2) is 13.1 Å². The Balaban J connectivity index is 4.10. The highest BCUT2D eigenvalue weighted by molar-refractivity contribution is 7.89. The van der Waals surface area contributed by atoms with E-state index in [0.29, 0.717) is 19.5 Å². The number of carbonyl (C=O) groups is 1. The normalized spacial score (nSPS) is 11.4. The van der Waals surface area contributed by atoms with Crippen LogP contribution in [0.2, 0.25) is 0 Å². The maximum Gasteiger partial charge on any atom is 0.237 e. The van der Waals surface area contributed by atoms with Gasteiger partial charge in [0.25, 0.3) is 0 Å². The Hall–Kier alpha value is -0.620. The van der Waals surface area contributed by atoms with Crippen LogP contribution in [0.15, 0.2) is 0 Å². The Kier molecular flexibility index (Phi) is 6.51. The number of hydrogen-bond acceptors (Lipinski definition) is 3. The largest absolute Gasteiger partial charge is 0.342 e. The molecule has 0 aliphatic carbocycles. The van der Waals surface area contributed by atoms with Crippen molar-refractivity contribution in [2.75, 3.05) is 25.4 Å². The molecule has 0 rings (SSSR count). The van der Waals surface area contributed by atoms with Crippen molar-refractivity contribution in [3.8, 4) is 0 Å². The van der Waals surface area contributed by atoms with Crippen LogP contribution in [0.25, 0.3) is 0 Å². The predicted octanol–water partition coefficient (Wildman–Crippen LogP) is 0.184. The molecule has 1 N–H and O–H groups in total. The monoisotopic (exact) mass is 236 g/mol. The average Bonchev–Trinajstić information content (AvgIpc) is 2.17. The van der Waals surface area contributed by atoms with E-state index in [1.807, 2.05) is 13.8 Å². The number of nitrogens with one attached hydrogen (secondary N) is 1. The number of hydrogen-bond donors (Lipinski definition) is 1. The fourth-order valence-electron chi connectivity index (χ4n) is 1.20. The molecule has 0 saturated heterocycles. The molecule has 6 heteroatoms. The minimum Gasteiger partial charge on any atom is -0.342 e. The van der Waals surface area contributed by atoms with Gasteiger partial charge < -0.3 is 4.90 Å². The van der Waals surface area contributed by atoms with Crippen molar-refractivity contribution in [1.82, 2.24) is 9.62 Å². The number of nitrogens with zero attached hydrogens (tertiary/aromatic N) is 1. The highest BCUT2D eigenvalue weighted by Gasteiger charge is 2.14. The standard InChI is InChI=1S/C9H20N2O3S/c1-4-7-15(13,14)10-8-9(12)11(5-2)6-3/h10H,4-8H2,1-3H3. The van der Waals surface area contributed by atoms with Crippen LogP contribution in [0.3, 0.4) is 0 Å². The van der Waals surface area contributed by atoms with Crippen LogP contribution in [0.1, 0.15) is 27.2 Å². The third kappa shape index (κ3) is 5.74. The van der Waals surface area contributed by atoms with Crippen molar-refractivity contribution in [2.45, 2.75) is 27.2 Å². The molecule has 0 saturated carbocycles. The molecule has 0 bridgehead atoms. The van der Waals surface area contributed by atoms with Crippen LogP contribution >= 0.6 is 0 Å². The molecule has 1 amide bonds. The van der Waals surface area contributed by atoms with Gasteiger partial charge in [-0.15, -0.1) is 0 Å². The first-order valence-electron chi connectivity index (χ1n) is 5.21. The lowest BCUT2D eigenvalue weighted by Gasteiger charge is -2.18. The Morgan fingerprint density at radius 2 is 1.73 bits per heavy atom. The lowest BCUT2D eigenvalue weighted by molar-refractivity contribution is -0.129. The molecule has 0 aliphatic rings. The summed E-state index contributed by atoms with van der Waals surface area (Å²) >= 11 is 0. The van der Waals surface area contributed by atoms with E-state index in [1.165, 1.54) is 0 Å². The number of sulfonamides is 1. The van der Waals surface area contributed by atoms with Gasteiger partial charge >= 0.3 is 0 Å². The van der Waals surface area contributed by atoms with Crippen molar-refractivity contribution in [3.63, 3.8) is 0 Å². The van der Waals surface area contributed by atoms with Gasteiger partial charge in [-0.1, -0.05) is 6.92 Å². The lowest BCUT2D eigenvalue weighted by Crippen LogP contribution is -2.40. The van der Waals surface area contributed by atoms with Gasteiger partial charge in [0.2, 0.25) is 15.9 Å². The summed E-state index contributed by atoms with van der Waals surface area (Å²) in [6.07, 6.45) is 0.550. The summed E-state index contributed by atoms with van der Waals surface area (Å²) < 4.78 is 24.8. The molecule has 0 aliphatic heterocycles.